The first-order chi connectivity index (χ1) is 9.58. The van der Waals surface area contributed by atoms with Gasteiger partial charge in [-0.15, -0.1) is 0 Å². The predicted molar refractivity (Wildman–Crippen MR) is 85.1 cm³/mol. The molecule has 0 heterocycles. The van der Waals surface area contributed by atoms with Crippen molar-refractivity contribution in [2.75, 3.05) is 19.7 Å². The number of benzene rings is 1. The Hall–Kier alpha value is -1.07. The van der Waals surface area contributed by atoms with Gasteiger partial charge < -0.3 is 15.4 Å². The molecule has 0 aliphatic heterocycles. The quantitative estimate of drug-likeness (QED) is 0.763. The van der Waals surface area contributed by atoms with E-state index in [-0.39, 0.29) is 5.91 Å². The molecule has 1 rings (SSSR count). The van der Waals surface area contributed by atoms with E-state index in [4.69, 9.17) is 4.74 Å². The minimum atomic E-state index is 0.0236. The smallest absolute Gasteiger partial charge is 0.223 e. The van der Waals surface area contributed by atoms with Crippen LogP contribution in [0, 0.1) is 6.92 Å². The zero-order valence-corrected chi connectivity index (χ0v) is 14.0. The van der Waals surface area contributed by atoms with Crippen molar-refractivity contribution in [1.82, 2.24) is 10.6 Å². The summed E-state index contributed by atoms with van der Waals surface area (Å²) in [6.07, 6.45) is 0.379. The van der Waals surface area contributed by atoms with Crippen LogP contribution >= 0.6 is 15.9 Å². The maximum atomic E-state index is 11.4. The molecule has 112 valence electrons. The monoisotopic (exact) mass is 342 g/mol. The molecular weight excluding hydrogens is 320 g/mol. The van der Waals surface area contributed by atoms with Crippen molar-refractivity contribution in [3.8, 4) is 5.75 Å². The number of aryl methyl sites for hydroxylation is 1. The third-order valence-electron chi connectivity index (χ3n) is 2.83. The Morgan fingerprint density at radius 1 is 1.30 bits per heavy atom. The summed E-state index contributed by atoms with van der Waals surface area (Å²) in [5.74, 6) is 0.897. The lowest BCUT2D eigenvalue weighted by molar-refractivity contribution is -0.121. The second-order valence-corrected chi connectivity index (χ2v) is 5.46. The summed E-state index contributed by atoms with van der Waals surface area (Å²) in [7, 11) is 0. The molecular formula is C15H23BrN2O2. The first-order valence-corrected chi connectivity index (χ1v) is 7.77. The summed E-state index contributed by atoms with van der Waals surface area (Å²) in [6, 6.07) is 4.08. The number of carbonyl (C=O) groups excluding carboxylic acids is 1. The first-order valence-electron chi connectivity index (χ1n) is 6.97. The van der Waals surface area contributed by atoms with Crippen LogP contribution in [0.15, 0.2) is 16.6 Å². The molecule has 0 atom stereocenters. The molecule has 0 saturated carbocycles. The van der Waals surface area contributed by atoms with Gasteiger partial charge in [0.1, 0.15) is 5.75 Å². The third-order valence-corrected chi connectivity index (χ3v) is 3.29. The largest absolute Gasteiger partial charge is 0.492 e. The van der Waals surface area contributed by atoms with Crippen LogP contribution in [0.2, 0.25) is 0 Å². The molecule has 0 unspecified atom stereocenters. The van der Waals surface area contributed by atoms with E-state index in [1.54, 1.807) is 0 Å². The van der Waals surface area contributed by atoms with E-state index in [1.165, 1.54) is 0 Å². The molecule has 4 nitrogen and oxygen atoms in total. The van der Waals surface area contributed by atoms with Crippen molar-refractivity contribution in [3.63, 3.8) is 0 Å². The molecule has 0 bridgehead atoms. The number of nitrogens with one attached hydrogen (secondary N) is 2. The fraction of sp³-hybridized carbons (Fsp3) is 0.533. The molecule has 2 N–H and O–H groups in total. The molecule has 20 heavy (non-hydrogen) atoms. The van der Waals surface area contributed by atoms with E-state index < -0.39 is 0 Å². The number of hydrogen-bond acceptors (Lipinski definition) is 3. The van der Waals surface area contributed by atoms with Gasteiger partial charge in [-0.2, -0.15) is 0 Å². The highest BCUT2D eigenvalue weighted by Crippen LogP contribution is 2.28. The summed E-state index contributed by atoms with van der Waals surface area (Å²) < 4.78 is 6.86. The molecule has 0 aliphatic carbocycles. The predicted octanol–water partition coefficient (Wildman–Crippen LogP) is 2.77. The highest BCUT2D eigenvalue weighted by Gasteiger charge is 2.10. The Kier molecular flexibility index (Phi) is 7.62. The molecule has 0 spiro atoms. The van der Waals surface area contributed by atoms with Gasteiger partial charge in [0.05, 0.1) is 13.0 Å². The molecule has 0 aromatic heterocycles. The second-order valence-electron chi connectivity index (χ2n) is 4.54. The zero-order chi connectivity index (χ0) is 15.0. The molecule has 0 saturated heterocycles. The van der Waals surface area contributed by atoms with Gasteiger partial charge in [0.15, 0.2) is 0 Å². The van der Waals surface area contributed by atoms with E-state index in [0.29, 0.717) is 19.6 Å². The molecule has 0 radical (unpaired) electrons. The van der Waals surface area contributed by atoms with Gasteiger partial charge in [-0.3, -0.25) is 4.79 Å². The van der Waals surface area contributed by atoms with Crippen LogP contribution < -0.4 is 15.4 Å². The fourth-order valence-corrected chi connectivity index (χ4v) is 2.55. The number of carbonyl (C=O) groups is 1. The number of amides is 1. The SMILES string of the molecule is CCNCc1cc(Br)cc(C)c1OCCC(=O)NCC. The minimum Gasteiger partial charge on any atom is -0.492 e. The molecule has 1 aromatic carbocycles. The van der Waals surface area contributed by atoms with Gasteiger partial charge in [-0.1, -0.05) is 22.9 Å². The van der Waals surface area contributed by atoms with Crippen LogP contribution in [-0.4, -0.2) is 25.6 Å². The van der Waals surface area contributed by atoms with Crippen LogP contribution in [0.3, 0.4) is 0 Å². The molecule has 0 aliphatic rings. The summed E-state index contributed by atoms with van der Waals surface area (Å²) in [6.45, 7) is 8.71. The Balaban J connectivity index is 2.69. The van der Waals surface area contributed by atoms with Gasteiger partial charge in [0.2, 0.25) is 5.91 Å². The highest BCUT2D eigenvalue weighted by atomic mass is 79.9. The lowest BCUT2D eigenvalue weighted by Crippen LogP contribution is -2.24. The van der Waals surface area contributed by atoms with Crippen LogP contribution in [0.25, 0.3) is 0 Å². The maximum absolute atomic E-state index is 11.4. The van der Waals surface area contributed by atoms with Crippen molar-refractivity contribution in [3.05, 3.63) is 27.7 Å². The topological polar surface area (TPSA) is 50.4 Å². The summed E-state index contributed by atoms with van der Waals surface area (Å²) in [4.78, 5) is 11.4. The van der Waals surface area contributed by atoms with E-state index in [9.17, 15) is 4.79 Å². The van der Waals surface area contributed by atoms with Gasteiger partial charge in [-0.25, -0.2) is 0 Å². The summed E-state index contributed by atoms with van der Waals surface area (Å²) >= 11 is 3.50. The summed E-state index contributed by atoms with van der Waals surface area (Å²) in [5.41, 5.74) is 2.18. The Bertz CT molecular complexity index is 450. The number of hydrogen-bond donors (Lipinski definition) is 2. The average molecular weight is 343 g/mol. The average Bonchev–Trinajstić information content (AvgIpc) is 2.39. The van der Waals surface area contributed by atoms with Crippen molar-refractivity contribution in [2.45, 2.75) is 33.7 Å². The van der Waals surface area contributed by atoms with E-state index in [1.807, 2.05) is 19.9 Å². The Morgan fingerprint density at radius 2 is 2.05 bits per heavy atom. The van der Waals surface area contributed by atoms with Gasteiger partial charge in [-0.05, 0) is 38.1 Å². The van der Waals surface area contributed by atoms with Crippen molar-refractivity contribution < 1.29 is 9.53 Å². The minimum absolute atomic E-state index is 0.0236. The number of ether oxygens (including phenoxy) is 1. The van der Waals surface area contributed by atoms with Crippen molar-refractivity contribution in [2.24, 2.45) is 0 Å². The summed E-state index contributed by atoms with van der Waals surface area (Å²) in [5, 5.41) is 6.06. The third kappa shape index (κ3) is 5.51. The van der Waals surface area contributed by atoms with Crippen molar-refractivity contribution >= 4 is 21.8 Å². The van der Waals surface area contributed by atoms with E-state index in [2.05, 4.69) is 39.6 Å². The molecule has 5 heteroatoms. The van der Waals surface area contributed by atoms with Gasteiger partial charge in [0.25, 0.3) is 0 Å². The molecule has 1 aromatic rings. The van der Waals surface area contributed by atoms with Gasteiger partial charge >= 0.3 is 0 Å². The second kappa shape index (κ2) is 8.97. The lowest BCUT2D eigenvalue weighted by atomic mass is 10.1. The molecule has 1 amide bonds. The van der Waals surface area contributed by atoms with E-state index in [0.717, 1.165) is 34.4 Å². The fourth-order valence-electron chi connectivity index (χ4n) is 1.93. The van der Waals surface area contributed by atoms with Crippen molar-refractivity contribution in [1.29, 1.82) is 0 Å². The van der Waals surface area contributed by atoms with Crippen LogP contribution in [0.1, 0.15) is 31.4 Å². The Morgan fingerprint density at radius 3 is 2.70 bits per heavy atom. The first kappa shape index (κ1) is 17.0. The van der Waals surface area contributed by atoms with Crippen LogP contribution in [0.5, 0.6) is 5.75 Å². The Labute approximate surface area is 129 Å². The maximum Gasteiger partial charge on any atom is 0.223 e. The number of rotatable bonds is 8. The molecule has 0 fully saturated rings. The highest BCUT2D eigenvalue weighted by molar-refractivity contribution is 9.10. The zero-order valence-electron chi connectivity index (χ0n) is 12.4. The van der Waals surface area contributed by atoms with Crippen LogP contribution in [0.4, 0.5) is 0 Å². The standard InChI is InChI=1S/C15H23BrN2O2/c1-4-17-10-12-9-13(16)8-11(3)15(12)20-7-6-14(19)18-5-2/h8-9,17H,4-7,10H2,1-3H3,(H,18,19). The number of halogens is 1. The van der Waals surface area contributed by atoms with Crippen LogP contribution in [-0.2, 0) is 11.3 Å². The van der Waals surface area contributed by atoms with Gasteiger partial charge in [0, 0.05) is 23.1 Å². The lowest BCUT2D eigenvalue weighted by Gasteiger charge is -2.15. The normalized spacial score (nSPS) is 10.4. The van der Waals surface area contributed by atoms with E-state index >= 15 is 0 Å².